The predicted octanol–water partition coefficient (Wildman–Crippen LogP) is 3.71. The summed E-state index contributed by atoms with van der Waals surface area (Å²) in [5.41, 5.74) is 5.05. The zero-order chi connectivity index (χ0) is 20.2. The molecule has 3 N–H and O–H groups in total. The van der Waals surface area contributed by atoms with Gasteiger partial charge < -0.3 is 9.84 Å². The van der Waals surface area contributed by atoms with Gasteiger partial charge in [0.15, 0.2) is 11.5 Å². The molecule has 0 fully saturated rings. The maximum Gasteiger partial charge on any atom is 0.289 e. The van der Waals surface area contributed by atoms with Crippen molar-refractivity contribution in [3.63, 3.8) is 0 Å². The van der Waals surface area contributed by atoms with Crippen LogP contribution in [0.5, 0.6) is 11.5 Å². The topological polar surface area (TPSA) is 99.6 Å². The Balaban J connectivity index is 1.50. The fourth-order valence-corrected chi connectivity index (χ4v) is 3.02. The van der Waals surface area contributed by atoms with Gasteiger partial charge in [0.05, 0.1) is 19.0 Å². The van der Waals surface area contributed by atoms with Crippen molar-refractivity contribution in [2.45, 2.75) is 0 Å². The maximum absolute atomic E-state index is 12.4. The number of methoxy groups -OCH3 is 1. The predicted molar refractivity (Wildman–Crippen MR) is 111 cm³/mol. The smallest absolute Gasteiger partial charge is 0.289 e. The zero-order valence-corrected chi connectivity index (χ0v) is 15.6. The number of nitrogens with zero attached hydrogens (tertiary/aromatic N) is 2. The monoisotopic (exact) mass is 386 g/mol. The number of amides is 1. The van der Waals surface area contributed by atoms with Crippen molar-refractivity contribution in [3.05, 3.63) is 78.0 Å². The Kier molecular flexibility index (Phi) is 4.94. The van der Waals surface area contributed by atoms with Crippen LogP contribution in [0.15, 0.2) is 71.8 Å². The molecule has 1 amide bonds. The molecule has 0 bridgehead atoms. The number of aromatic hydroxyl groups is 1. The largest absolute Gasteiger partial charge is 0.504 e. The number of aromatic nitrogens is 2. The molecule has 0 radical (unpaired) electrons. The van der Waals surface area contributed by atoms with E-state index in [2.05, 4.69) is 20.7 Å². The summed E-state index contributed by atoms with van der Waals surface area (Å²) >= 11 is 0. The SMILES string of the molecule is COc1cc(C=NNC(=O)c2cc(-c3cccc4ccccc34)n[nH]2)ccc1O. The highest BCUT2D eigenvalue weighted by atomic mass is 16.5. The van der Waals surface area contributed by atoms with E-state index in [1.165, 1.54) is 19.4 Å². The normalized spacial score (nSPS) is 11.1. The first-order valence-corrected chi connectivity index (χ1v) is 8.89. The fourth-order valence-electron chi connectivity index (χ4n) is 3.02. The molecule has 4 aromatic rings. The van der Waals surface area contributed by atoms with E-state index in [9.17, 15) is 9.90 Å². The van der Waals surface area contributed by atoms with Crippen molar-refractivity contribution in [1.82, 2.24) is 15.6 Å². The van der Waals surface area contributed by atoms with Gasteiger partial charge in [-0.2, -0.15) is 10.2 Å². The number of hydrogen-bond donors (Lipinski definition) is 3. The average Bonchev–Trinajstić information content (AvgIpc) is 3.24. The van der Waals surface area contributed by atoms with Crippen LogP contribution < -0.4 is 10.2 Å². The number of hydrogen-bond acceptors (Lipinski definition) is 5. The number of aromatic amines is 1. The van der Waals surface area contributed by atoms with Crippen molar-refractivity contribution in [2.75, 3.05) is 7.11 Å². The summed E-state index contributed by atoms with van der Waals surface area (Å²) in [6.45, 7) is 0. The molecule has 29 heavy (non-hydrogen) atoms. The van der Waals surface area contributed by atoms with Crippen LogP contribution in [0.4, 0.5) is 0 Å². The highest BCUT2D eigenvalue weighted by molar-refractivity contribution is 5.98. The van der Waals surface area contributed by atoms with E-state index in [0.29, 0.717) is 22.7 Å². The maximum atomic E-state index is 12.4. The summed E-state index contributed by atoms with van der Waals surface area (Å²) in [5, 5.41) is 22.8. The second kappa shape index (κ2) is 7.85. The Labute approximate surface area is 166 Å². The van der Waals surface area contributed by atoms with Crippen molar-refractivity contribution < 1.29 is 14.6 Å². The molecular weight excluding hydrogens is 368 g/mol. The summed E-state index contributed by atoms with van der Waals surface area (Å²) in [7, 11) is 1.46. The number of H-pyrrole nitrogens is 1. The highest BCUT2D eigenvalue weighted by Crippen LogP contribution is 2.27. The molecule has 0 aliphatic rings. The van der Waals surface area contributed by atoms with Crippen molar-refractivity contribution in [2.24, 2.45) is 5.10 Å². The first-order valence-electron chi connectivity index (χ1n) is 8.89. The van der Waals surface area contributed by atoms with Gasteiger partial charge in [-0.1, -0.05) is 42.5 Å². The van der Waals surface area contributed by atoms with Crippen LogP contribution in [0.3, 0.4) is 0 Å². The molecule has 0 unspecified atom stereocenters. The molecule has 4 rings (SSSR count). The number of rotatable bonds is 5. The molecule has 3 aromatic carbocycles. The standard InChI is InChI=1S/C22H18N4O3/c1-29-21-11-14(9-10-20(21)27)13-23-26-22(28)19-12-18(24-25-19)17-8-4-6-15-5-2-3-7-16(15)17/h2-13,27H,1H3,(H,24,25)(H,26,28). The van der Waals surface area contributed by atoms with Gasteiger partial charge in [0.2, 0.25) is 0 Å². The summed E-state index contributed by atoms with van der Waals surface area (Å²) in [5.74, 6) is -0.0494. The van der Waals surface area contributed by atoms with E-state index >= 15 is 0 Å². The van der Waals surface area contributed by atoms with E-state index in [4.69, 9.17) is 4.74 Å². The summed E-state index contributed by atoms with van der Waals surface area (Å²) < 4.78 is 5.05. The molecule has 1 heterocycles. The molecule has 1 aromatic heterocycles. The highest BCUT2D eigenvalue weighted by Gasteiger charge is 2.12. The average molecular weight is 386 g/mol. The molecule has 0 atom stereocenters. The van der Waals surface area contributed by atoms with Crippen LogP contribution in [0.1, 0.15) is 16.1 Å². The second-order valence-electron chi connectivity index (χ2n) is 6.32. The first-order chi connectivity index (χ1) is 14.2. The van der Waals surface area contributed by atoms with Gasteiger partial charge in [-0.25, -0.2) is 5.43 Å². The molecule has 7 heteroatoms. The first kappa shape index (κ1) is 18.2. The number of carbonyl (C=O) groups excluding carboxylic acids is 1. The van der Waals surface area contributed by atoms with Gasteiger partial charge >= 0.3 is 0 Å². The van der Waals surface area contributed by atoms with Crippen LogP contribution in [0, 0.1) is 0 Å². The third-order valence-corrected chi connectivity index (χ3v) is 4.47. The van der Waals surface area contributed by atoms with Gasteiger partial charge in [-0.05, 0) is 40.6 Å². The molecule has 0 saturated heterocycles. The molecule has 144 valence electrons. The number of ether oxygens (including phenoxy) is 1. The minimum atomic E-state index is -0.411. The molecule has 0 saturated carbocycles. The third kappa shape index (κ3) is 3.79. The van der Waals surface area contributed by atoms with Crippen molar-refractivity contribution >= 4 is 22.9 Å². The van der Waals surface area contributed by atoms with Gasteiger partial charge in [0.25, 0.3) is 5.91 Å². The lowest BCUT2D eigenvalue weighted by Gasteiger charge is -2.03. The Morgan fingerprint density at radius 1 is 1.14 bits per heavy atom. The Hall–Kier alpha value is -4.13. The van der Waals surface area contributed by atoms with Crippen LogP contribution in [-0.2, 0) is 0 Å². The summed E-state index contributed by atoms with van der Waals surface area (Å²) in [4.78, 5) is 12.4. The lowest BCUT2D eigenvalue weighted by atomic mass is 10.0. The number of hydrazone groups is 1. The number of phenolic OH excluding ortho intramolecular Hbond substituents is 1. The fraction of sp³-hybridized carbons (Fsp3) is 0.0455. The Morgan fingerprint density at radius 3 is 2.83 bits per heavy atom. The van der Waals surface area contributed by atoms with Gasteiger partial charge in [0.1, 0.15) is 5.69 Å². The molecule has 0 aliphatic heterocycles. The number of nitrogens with one attached hydrogen (secondary N) is 2. The van der Waals surface area contributed by atoms with Gasteiger partial charge in [-0.15, -0.1) is 0 Å². The third-order valence-electron chi connectivity index (χ3n) is 4.47. The second-order valence-corrected chi connectivity index (χ2v) is 6.32. The van der Waals surface area contributed by atoms with Crippen LogP contribution in [-0.4, -0.2) is 34.5 Å². The van der Waals surface area contributed by atoms with Gasteiger partial charge in [-0.3, -0.25) is 9.89 Å². The van der Waals surface area contributed by atoms with E-state index in [-0.39, 0.29) is 5.75 Å². The molecular formula is C22H18N4O3. The van der Waals surface area contributed by atoms with Crippen LogP contribution in [0.25, 0.3) is 22.0 Å². The van der Waals surface area contributed by atoms with E-state index in [1.54, 1.807) is 18.2 Å². The van der Waals surface area contributed by atoms with Gasteiger partial charge in [0, 0.05) is 5.56 Å². The quantitative estimate of drug-likeness (QED) is 0.360. The molecule has 0 spiro atoms. The van der Waals surface area contributed by atoms with E-state index < -0.39 is 5.91 Å². The lowest BCUT2D eigenvalue weighted by Crippen LogP contribution is -2.18. The van der Waals surface area contributed by atoms with Crippen LogP contribution in [0.2, 0.25) is 0 Å². The summed E-state index contributed by atoms with van der Waals surface area (Å²) in [6.07, 6.45) is 1.46. The lowest BCUT2D eigenvalue weighted by molar-refractivity contribution is 0.0950. The number of carbonyl (C=O) groups is 1. The van der Waals surface area contributed by atoms with Crippen molar-refractivity contribution in [3.8, 4) is 22.8 Å². The number of phenols is 1. The molecule has 0 aliphatic carbocycles. The molecule has 7 nitrogen and oxygen atoms in total. The zero-order valence-electron chi connectivity index (χ0n) is 15.6. The van der Waals surface area contributed by atoms with E-state index in [1.807, 2.05) is 42.5 Å². The number of benzene rings is 3. The van der Waals surface area contributed by atoms with Crippen LogP contribution >= 0.6 is 0 Å². The minimum absolute atomic E-state index is 0.0344. The number of fused-ring (bicyclic) bond motifs is 1. The Bertz CT molecular complexity index is 1210. The van der Waals surface area contributed by atoms with Crippen molar-refractivity contribution in [1.29, 1.82) is 0 Å². The summed E-state index contributed by atoms with van der Waals surface area (Å²) in [6, 6.07) is 20.4. The minimum Gasteiger partial charge on any atom is -0.504 e. The Morgan fingerprint density at radius 2 is 1.97 bits per heavy atom. The van der Waals surface area contributed by atoms with E-state index in [0.717, 1.165) is 16.3 Å².